The molecule has 1 amide bonds. The van der Waals surface area contributed by atoms with E-state index in [0.29, 0.717) is 17.2 Å². The Morgan fingerprint density at radius 3 is 2.63 bits per heavy atom. The van der Waals surface area contributed by atoms with Crippen LogP contribution in [-0.2, 0) is 4.79 Å². The van der Waals surface area contributed by atoms with Crippen LogP contribution in [0.2, 0.25) is 0 Å². The molecule has 1 heterocycles. The van der Waals surface area contributed by atoms with Crippen LogP contribution in [0, 0.1) is 0 Å². The number of amides is 1. The van der Waals surface area contributed by atoms with Gasteiger partial charge in [-0.15, -0.1) is 0 Å². The van der Waals surface area contributed by atoms with Crippen molar-refractivity contribution in [2.75, 3.05) is 12.1 Å². The van der Waals surface area contributed by atoms with Gasteiger partial charge in [0.15, 0.2) is 11.5 Å². The van der Waals surface area contributed by atoms with Crippen molar-refractivity contribution in [3.8, 4) is 11.5 Å². The lowest BCUT2D eigenvalue weighted by Crippen LogP contribution is -2.39. The van der Waals surface area contributed by atoms with Crippen molar-refractivity contribution in [2.45, 2.75) is 25.9 Å². The number of hydrogen-bond donors (Lipinski definition) is 2. The van der Waals surface area contributed by atoms with E-state index in [2.05, 4.69) is 41.8 Å². The standard InChI is InChI=1S/C22H22N2O3/c1-14(18-9-5-7-16-6-3-4-8-19(16)18)23-15(2)22(25)24-17-10-11-20-21(12-17)27-13-26-20/h3-12,14-15,23H,13H2,1-2H3,(H,24,25). The van der Waals surface area contributed by atoms with E-state index in [-0.39, 0.29) is 24.8 Å². The summed E-state index contributed by atoms with van der Waals surface area (Å²) in [6.45, 7) is 4.16. The first-order valence-electron chi connectivity index (χ1n) is 9.06. The van der Waals surface area contributed by atoms with Crippen LogP contribution >= 0.6 is 0 Å². The molecule has 2 N–H and O–H groups in total. The van der Waals surface area contributed by atoms with Crippen molar-refractivity contribution in [3.63, 3.8) is 0 Å². The van der Waals surface area contributed by atoms with Gasteiger partial charge in [0.25, 0.3) is 0 Å². The van der Waals surface area contributed by atoms with E-state index in [0.717, 1.165) is 0 Å². The lowest BCUT2D eigenvalue weighted by molar-refractivity contribution is -0.117. The maximum absolute atomic E-state index is 12.6. The third-order valence-electron chi connectivity index (χ3n) is 4.82. The van der Waals surface area contributed by atoms with Gasteiger partial charge < -0.3 is 14.8 Å². The van der Waals surface area contributed by atoms with Gasteiger partial charge in [0.1, 0.15) is 0 Å². The van der Waals surface area contributed by atoms with Gasteiger partial charge in [-0.2, -0.15) is 0 Å². The molecule has 138 valence electrons. The van der Waals surface area contributed by atoms with Crippen molar-refractivity contribution in [1.29, 1.82) is 0 Å². The SMILES string of the molecule is CC(NC(C)c1cccc2ccccc12)C(=O)Nc1ccc2c(c1)OCO2. The van der Waals surface area contributed by atoms with E-state index in [1.165, 1.54) is 16.3 Å². The summed E-state index contributed by atoms with van der Waals surface area (Å²) >= 11 is 0. The molecule has 1 aliphatic rings. The summed E-state index contributed by atoms with van der Waals surface area (Å²) in [6, 6.07) is 19.6. The maximum Gasteiger partial charge on any atom is 0.241 e. The predicted molar refractivity (Wildman–Crippen MR) is 106 cm³/mol. The molecule has 0 saturated carbocycles. The molecule has 0 radical (unpaired) electrons. The van der Waals surface area contributed by atoms with Gasteiger partial charge >= 0.3 is 0 Å². The Balaban J connectivity index is 1.44. The Hall–Kier alpha value is -3.05. The van der Waals surface area contributed by atoms with E-state index in [1.807, 2.05) is 31.2 Å². The van der Waals surface area contributed by atoms with E-state index in [9.17, 15) is 4.79 Å². The van der Waals surface area contributed by atoms with Crippen LogP contribution in [0.15, 0.2) is 60.7 Å². The molecule has 5 nitrogen and oxygen atoms in total. The van der Waals surface area contributed by atoms with Gasteiger partial charge in [-0.1, -0.05) is 42.5 Å². The van der Waals surface area contributed by atoms with Crippen LogP contribution < -0.4 is 20.1 Å². The monoisotopic (exact) mass is 362 g/mol. The van der Waals surface area contributed by atoms with Crippen LogP contribution in [-0.4, -0.2) is 18.7 Å². The average Bonchev–Trinajstić information content (AvgIpc) is 3.15. The first-order valence-corrected chi connectivity index (χ1v) is 9.06. The molecule has 27 heavy (non-hydrogen) atoms. The maximum atomic E-state index is 12.6. The topological polar surface area (TPSA) is 59.6 Å². The zero-order valence-electron chi connectivity index (χ0n) is 15.4. The van der Waals surface area contributed by atoms with Gasteiger partial charge in [0.2, 0.25) is 12.7 Å². The third kappa shape index (κ3) is 3.59. The average molecular weight is 362 g/mol. The molecule has 3 aromatic carbocycles. The Labute approximate surface area is 158 Å². The Bertz CT molecular complexity index is 981. The molecular weight excluding hydrogens is 340 g/mol. The highest BCUT2D eigenvalue weighted by atomic mass is 16.7. The molecule has 2 unspecified atom stereocenters. The number of anilines is 1. The lowest BCUT2D eigenvalue weighted by atomic mass is 9.99. The fourth-order valence-electron chi connectivity index (χ4n) is 3.39. The molecule has 0 saturated heterocycles. The fourth-order valence-corrected chi connectivity index (χ4v) is 3.39. The molecular formula is C22H22N2O3. The molecule has 5 heteroatoms. The fraction of sp³-hybridized carbons (Fsp3) is 0.227. The quantitative estimate of drug-likeness (QED) is 0.712. The number of ether oxygens (including phenoxy) is 2. The van der Waals surface area contributed by atoms with Gasteiger partial charge in [0.05, 0.1) is 6.04 Å². The van der Waals surface area contributed by atoms with E-state index < -0.39 is 0 Å². The number of carbonyl (C=O) groups is 1. The Morgan fingerprint density at radius 2 is 1.74 bits per heavy atom. The zero-order valence-corrected chi connectivity index (χ0v) is 15.4. The zero-order chi connectivity index (χ0) is 18.8. The summed E-state index contributed by atoms with van der Waals surface area (Å²) in [5.41, 5.74) is 1.87. The summed E-state index contributed by atoms with van der Waals surface area (Å²) < 4.78 is 10.7. The van der Waals surface area contributed by atoms with Crippen molar-refractivity contribution >= 4 is 22.4 Å². The molecule has 2 atom stereocenters. The number of hydrogen-bond acceptors (Lipinski definition) is 4. The molecule has 0 aliphatic carbocycles. The lowest BCUT2D eigenvalue weighted by Gasteiger charge is -2.21. The molecule has 3 aromatic rings. The summed E-state index contributed by atoms with van der Waals surface area (Å²) in [5.74, 6) is 1.25. The first-order chi connectivity index (χ1) is 13.1. The van der Waals surface area contributed by atoms with Crippen LogP contribution in [0.4, 0.5) is 5.69 Å². The Kier molecular flexibility index (Phi) is 4.69. The highest BCUT2D eigenvalue weighted by Gasteiger charge is 2.19. The number of carbonyl (C=O) groups excluding carboxylic acids is 1. The van der Waals surface area contributed by atoms with Crippen molar-refractivity contribution in [1.82, 2.24) is 5.32 Å². The molecule has 0 fully saturated rings. The number of benzene rings is 3. The van der Waals surface area contributed by atoms with Crippen LogP contribution in [0.1, 0.15) is 25.5 Å². The van der Waals surface area contributed by atoms with E-state index in [1.54, 1.807) is 12.1 Å². The summed E-state index contributed by atoms with van der Waals surface area (Å²) in [4.78, 5) is 12.6. The molecule has 0 bridgehead atoms. The Morgan fingerprint density at radius 1 is 0.963 bits per heavy atom. The highest BCUT2D eigenvalue weighted by Crippen LogP contribution is 2.34. The second kappa shape index (κ2) is 7.29. The first kappa shape index (κ1) is 17.4. The van der Waals surface area contributed by atoms with Crippen molar-refractivity contribution < 1.29 is 14.3 Å². The van der Waals surface area contributed by atoms with Gasteiger partial charge in [-0.05, 0) is 42.3 Å². The van der Waals surface area contributed by atoms with E-state index in [4.69, 9.17) is 9.47 Å². The largest absolute Gasteiger partial charge is 0.454 e. The van der Waals surface area contributed by atoms with Gasteiger partial charge in [-0.3, -0.25) is 10.1 Å². The number of rotatable bonds is 5. The van der Waals surface area contributed by atoms with Crippen molar-refractivity contribution in [2.24, 2.45) is 0 Å². The molecule has 1 aliphatic heterocycles. The van der Waals surface area contributed by atoms with Gasteiger partial charge in [0, 0.05) is 17.8 Å². The molecule has 0 spiro atoms. The van der Waals surface area contributed by atoms with Crippen LogP contribution in [0.5, 0.6) is 11.5 Å². The summed E-state index contributed by atoms with van der Waals surface area (Å²) in [5, 5.41) is 8.71. The van der Waals surface area contributed by atoms with Gasteiger partial charge in [-0.25, -0.2) is 0 Å². The van der Waals surface area contributed by atoms with Crippen LogP contribution in [0.3, 0.4) is 0 Å². The smallest absolute Gasteiger partial charge is 0.241 e. The summed E-state index contributed by atoms with van der Waals surface area (Å²) in [6.07, 6.45) is 0. The summed E-state index contributed by atoms with van der Waals surface area (Å²) in [7, 11) is 0. The number of fused-ring (bicyclic) bond motifs is 2. The second-order valence-corrected chi connectivity index (χ2v) is 6.74. The second-order valence-electron chi connectivity index (χ2n) is 6.74. The minimum Gasteiger partial charge on any atom is -0.454 e. The normalized spacial score (nSPS) is 14.7. The minimum absolute atomic E-state index is 0.0357. The predicted octanol–water partition coefficient (Wildman–Crippen LogP) is 4.25. The molecule has 0 aromatic heterocycles. The number of nitrogens with one attached hydrogen (secondary N) is 2. The third-order valence-corrected chi connectivity index (χ3v) is 4.82. The van der Waals surface area contributed by atoms with E-state index >= 15 is 0 Å². The molecule has 4 rings (SSSR count). The highest BCUT2D eigenvalue weighted by molar-refractivity contribution is 5.95. The van der Waals surface area contributed by atoms with Crippen LogP contribution in [0.25, 0.3) is 10.8 Å². The minimum atomic E-state index is -0.357. The van der Waals surface area contributed by atoms with Crippen molar-refractivity contribution in [3.05, 3.63) is 66.2 Å².